The van der Waals surface area contributed by atoms with Crippen LogP contribution < -0.4 is 0 Å². The Balaban J connectivity index is 1.72. The zero-order valence-electron chi connectivity index (χ0n) is 10.0. The van der Waals surface area contributed by atoms with Gasteiger partial charge in [0.15, 0.2) is 0 Å². The van der Waals surface area contributed by atoms with Crippen LogP contribution in [0.2, 0.25) is 0 Å². The zero-order valence-corrected chi connectivity index (χ0v) is 10.0. The van der Waals surface area contributed by atoms with Gasteiger partial charge in [0.05, 0.1) is 0 Å². The van der Waals surface area contributed by atoms with Crippen LogP contribution in [0.3, 0.4) is 0 Å². The molecule has 0 amide bonds. The molecule has 4 heteroatoms. The quantitative estimate of drug-likeness (QED) is 0.748. The molecule has 0 spiro atoms. The van der Waals surface area contributed by atoms with Crippen LogP contribution in [0, 0.1) is 5.92 Å². The summed E-state index contributed by atoms with van der Waals surface area (Å²) in [7, 11) is 2.21. The lowest BCUT2D eigenvalue weighted by molar-refractivity contribution is 0.389. The van der Waals surface area contributed by atoms with Crippen LogP contribution in [-0.4, -0.2) is 39.8 Å². The fourth-order valence-corrected chi connectivity index (χ4v) is 2.97. The van der Waals surface area contributed by atoms with Crippen molar-refractivity contribution in [3.05, 3.63) is 11.6 Å². The topological polar surface area (TPSA) is 34.0 Å². The summed E-state index contributed by atoms with van der Waals surface area (Å²) in [5.74, 6) is 3.24. The Morgan fingerprint density at radius 3 is 3.00 bits per heavy atom. The lowest BCUT2D eigenvalue weighted by Crippen LogP contribution is -2.18. The number of hydrogen-bond donors (Lipinski definition) is 0. The highest BCUT2D eigenvalue weighted by atomic mass is 15.3. The average Bonchev–Trinajstić information content (AvgIpc) is 2.87. The summed E-state index contributed by atoms with van der Waals surface area (Å²) < 4.78 is 2.36. The van der Waals surface area contributed by atoms with Gasteiger partial charge in [0.2, 0.25) is 0 Å². The molecule has 0 N–H and O–H groups in total. The summed E-state index contributed by atoms with van der Waals surface area (Å²) in [5, 5.41) is 8.70. The molecule has 4 nitrogen and oxygen atoms in total. The summed E-state index contributed by atoms with van der Waals surface area (Å²) in [4.78, 5) is 2.41. The third-order valence-electron chi connectivity index (χ3n) is 3.90. The highest BCUT2D eigenvalue weighted by molar-refractivity contribution is 5.00. The average molecular weight is 220 g/mol. The van der Waals surface area contributed by atoms with Gasteiger partial charge in [0.1, 0.15) is 11.6 Å². The second-order valence-corrected chi connectivity index (χ2v) is 5.26. The first-order valence-corrected chi connectivity index (χ1v) is 6.42. The minimum atomic E-state index is 0.792. The Hall–Kier alpha value is -0.900. The van der Waals surface area contributed by atoms with E-state index < -0.39 is 0 Å². The minimum absolute atomic E-state index is 0.792. The van der Waals surface area contributed by atoms with Gasteiger partial charge in [-0.15, -0.1) is 10.2 Å². The summed E-state index contributed by atoms with van der Waals surface area (Å²) in [6.45, 7) is 3.61. The number of likely N-dealkylation sites (tertiary alicyclic amines) is 1. The molecule has 1 aromatic rings. The highest BCUT2D eigenvalue weighted by Crippen LogP contribution is 2.21. The van der Waals surface area contributed by atoms with E-state index in [1.165, 1.54) is 44.0 Å². The molecule has 2 aliphatic heterocycles. The van der Waals surface area contributed by atoms with E-state index in [0.717, 1.165) is 25.3 Å². The van der Waals surface area contributed by atoms with E-state index in [4.69, 9.17) is 0 Å². The van der Waals surface area contributed by atoms with Gasteiger partial charge in [-0.1, -0.05) is 0 Å². The van der Waals surface area contributed by atoms with Crippen molar-refractivity contribution in [2.75, 3.05) is 20.1 Å². The van der Waals surface area contributed by atoms with Gasteiger partial charge in [-0.3, -0.25) is 0 Å². The van der Waals surface area contributed by atoms with Crippen molar-refractivity contribution in [2.45, 2.75) is 38.6 Å². The molecule has 2 aliphatic rings. The van der Waals surface area contributed by atoms with Crippen molar-refractivity contribution in [1.29, 1.82) is 0 Å². The number of hydrogen-bond acceptors (Lipinski definition) is 3. The normalized spacial score (nSPS) is 25.9. The lowest BCUT2D eigenvalue weighted by Gasteiger charge is -2.16. The predicted octanol–water partition coefficient (Wildman–Crippen LogP) is 1.11. The Kier molecular flexibility index (Phi) is 2.67. The monoisotopic (exact) mass is 220 g/mol. The van der Waals surface area contributed by atoms with Gasteiger partial charge < -0.3 is 9.47 Å². The molecule has 1 aromatic heterocycles. The third-order valence-corrected chi connectivity index (χ3v) is 3.90. The van der Waals surface area contributed by atoms with E-state index in [-0.39, 0.29) is 0 Å². The number of rotatable bonds is 2. The smallest absolute Gasteiger partial charge is 0.133 e. The Bertz CT molecular complexity index is 371. The van der Waals surface area contributed by atoms with E-state index in [1.54, 1.807) is 0 Å². The standard InChI is InChI=1S/C12H20N4/c1-15-7-5-10(9-15)8-12-14-13-11-4-2-3-6-16(11)12/h10H,2-9H2,1H3. The maximum absolute atomic E-state index is 4.38. The SMILES string of the molecule is CN1CCC(Cc2nnc3n2CCCC3)C1. The van der Waals surface area contributed by atoms with Crippen molar-refractivity contribution in [3.8, 4) is 0 Å². The van der Waals surface area contributed by atoms with Crippen LogP contribution in [0.4, 0.5) is 0 Å². The molecule has 88 valence electrons. The molecule has 1 saturated heterocycles. The fourth-order valence-electron chi connectivity index (χ4n) is 2.97. The minimum Gasteiger partial charge on any atom is -0.315 e. The highest BCUT2D eigenvalue weighted by Gasteiger charge is 2.23. The first kappa shape index (κ1) is 10.3. The summed E-state index contributed by atoms with van der Waals surface area (Å²) >= 11 is 0. The van der Waals surface area contributed by atoms with Crippen molar-refractivity contribution in [2.24, 2.45) is 5.92 Å². The molecule has 0 saturated carbocycles. The zero-order chi connectivity index (χ0) is 11.0. The molecule has 1 fully saturated rings. The Morgan fingerprint density at radius 1 is 1.25 bits per heavy atom. The Labute approximate surface area is 96.7 Å². The number of aromatic nitrogens is 3. The Morgan fingerprint density at radius 2 is 2.19 bits per heavy atom. The van der Waals surface area contributed by atoms with Crippen molar-refractivity contribution < 1.29 is 0 Å². The van der Waals surface area contributed by atoms with Crippen molar-refractivity contribution in [3.63, 3.8) is 0 Å². The molecular weight excluding hydrogens is 200 g/mol. The van der Waals surface area contributed by atoms with Gasteiger partial charge in [-0.2, -0.15) is 0 Å². The molecule has 0 bridgehead atoms. The van der Waals surface area contributed by atoms with Crippen LogP contribution in [0.5, 0.6) is 0 Å². The number of aryl methyl sites for hydroxylation is 1. The summed E-state index contributed by atoms with van der Waals surface area (Å²) in [6, 6.07) is 0. The first-order chi connectivity index (χ1) is 7.83. The van der Waals surface area contributed by atoms with Gasteiger partial charge in [0, 0.05) is 25.9 Å². The molecule has 0 aromatic carbocycles. The molecule has 1 atom stereocenters. The summed E-state index contributed by atoms with van der Waals surface area (Å²) in [6.07, 6.45) is 6.14. The molecule has 16 heavy (non-hydrogen) atoms. The van der Waals surface area contributed by atoms with Gasteiger partial charge in [-0.05, 0) is 38.8 Å². The molecule has 0 radical (unpaired) electrons. The molecule has 0 aliphatic carbocycles. The first-order valence-electron chi connectivity index (χ1n) is 6.42. The molecule has 1 unspecified atom stereocenters. The molecule has 3 heterocycles. The fraction of sp³-hybridized carbons (Fsp3) is 0.833. The lowest BCUT2D eigenvalue weighted by atomic mass is 10.0. The van der Waals surface area contributed by atoms with Crippen molar-refractivity contribution in [1.82, 2.24) is 19.7 Å². The largest absolute Gasteiger partial charge is 0.315 e. The van der Waals surface area contributed by atoms with Gasteiger partial charge >= 0.3 is 0 Å². The molecular formula is C12H20N4. The maximum Gasteiger partial charge on any atom is 0.133 e. The number of nitrogens with zero attached hydrogens (tertiary/aromatic N) is 4. The second kappa shape index (κ2) is 4.17. The third kappa shape index (κ3) is 1.86. The van der Waals surface area contributed by atoms with Gasteiger partial charge in [0.25, 0.3) is 0 Å². The predicted molar refractivity (Wildman–Crippen MR) is 62.3 cm³/mol. The van der Waals surface area contributed by atoms with Crippen LogP contribution in [0.25, 0.3) is 0 Å². The van der Waals surface area contributed by atoms with Crippen LogP contribution in [0.15, 0.2) is 0 Å². The van der Waals surface area contributed by atoms with E-state index in [9.17, 15) is 0 Å². The summed E-state index contributed by atoms with van der Waals surface area (Å²) in [5.41, 5.74) is 0. The van der Waals surface area contributed by atoms with E-state index in [2.05, 4.69) is 26.7 Å². The van der Waals surface area contributed by atoms with E-state index in [1.807, 2.05) is 0 Å². The van der Waals surface area contributed by atoms with Crippen LogP contribution in [0.1, 0.15) is 30.9 Å². The van der Waals surface area contributed by atoms with E-state index in [0.29, 0.717) is 0 Å². The molecule has 3 rings (SSSR count). The number of fused-ring (bicyclic) bond motifs is 1. The second-order valence-electron chi connectivity index (χ2n) is 5.26. The van der Waals surface area contributed by atoms with E-state index >= 15 is 0 Å². The maximum atomic E-state index is 4.38. The van der Waals surface area contributed by atoms with Gasteiger partial charge in [-0.25, -0.2) is 0 Å². The van der Waals surface area contributed by atoms with Crippen LogP contribution in [-0.2, 0) is 19.4 Å². The van der Waals surface area contributed by atoms with Crippen molar-refractivity contribution >= 4 is 0 Å². The van der Waals surface area contributed by atoms with Crippen LogP contribution >= 0.6 is 0 Å².